The normalized spacial score (nSPS) is 50.5. The second-order valence-corrected chi connectivity index (χ2v) is 13.1. The van der Waals surface area contributed by atoms with Crippen LogP contribution in [0.3, 0.4) is 0 Å². The minimum absolute atomic E-state index is 0.0213. The Morgan fingerprint density at radius 2 is 1.74 bits per heavy atom. The van der Waals surface area contributed by atoms with Gasteiger partial charge in [-0.25, -0.2) is 4.79 Å². The molecule has 210 valence electrons. The van der Waals surface area contributed by atoms with E-state index in [1.165, 1.54) is 11.6 Å². The van der Waals surface area contributed by atoms with Crippen LogP contribution in [0.15, 0.2) is 39.3 Å². The lowest BCUT2D eigenvalue weighted by Crippen LogP contribution is -2.60. The summed E-state index contributed by atoms with van der Waals surface area (Å²) in [5.74, 6) is 0.759. The van der Waals surface area contributed by atoms with Crippen LogP contribution >= 0.6 is 0 Å². The summed E-state index contributed by atoms with van der Waals surface area (Å²) in [7, 11) is 0. The van der Waals surface area contributed by atoms with Crippen molar-refractivity contribution in [3.63, 3.8) is 0 Å². The molecule has 4 fully saturated rings. The molecule has 3 saturated carbocycles. The molecule has 12 atom stereocenters. The lowest BCUT2D eigenvalue weighted by Gasteiger charge is -2.62. The van der Waals surface area contributed by atoms with Gasteiger partial charge in [-0.1, -0.05) is 25.5 Å². The molecule has 38 heavy (non-hydrogen) atoms. The number of hydrogen-bond donors (Lipinski definition) is 4. The second kappa shape index (κ2) is 9.25. The first-order valence-corrected chi connectivity index (χ1v) is 14.4. The number of allylic oxidation sites excluding steroid dienone is 1. The predicted molar refractivity (Wildman–Crippen MR) is 138 cm³/mol. The smallest absolute Gasteiger partial charge is 0.335 e. The van der Waals surface area contributed by atoms with Crippen molar-refractivity contribution in [1.29, 1.82) is 0 Å². The van der Waals surface area contributed by atoms with Gasteiger partial charge in [0.05, 0.1) is 24.1 Å². The fourth-order valence-corrected chi connectivity index (χ4v) is 9.17. The molecule has 1 saturated heterocycles. The molecule has 6 rings (SSSR count). The van der Waals surface area contributed by atoms with Crippen molar-refractivity contribution in [2.24, 2.45) is 22.7 Å². The van der Waals surface area contributed by atoms with Gasteiger partial charge in [-0.05, 0) is 93.1 Å². The minimum atomic E-state index is -1.31. The van der Waals surface area contributed by atoms with Crippen molar-refractivity contribution in [2.75, 3.05) is 0 Å². The lowest BCUT2D eigenvalue weighted by molar-refractivity contribution is -0.301. The average Bonchev–Trinajstić information content (AvgIpc) is 3.18. The van der Waals surface area contributed by atoms with E-state index in [2.05, 4.69) is 19.9 Å². The molecule has 0 spiro atoms. The zero-order valence-electron chi connectivity index (χ0n) is 22.6. The van der Waals surface area contributed by atoms with Gasteiger partial charge in [0.1, 0.15) is 18.3 Å². The van der Waals surface area contributed by atoms with Crippen molar-refractivity contribution < 1.29 is 34.3 Å². The third kappa shape index (κ3) is 3.82. The molecule has 8 heteroatoms. The molecular weight excluding hydrogens is 488 g/mol. The Balaban J connectivity index is 1.21. The van der Waals surface area contributed by atoms with E-state index in [0.29, 0.717) is 5.92 Å². The molecule has 5 aliphatic rings. The van der Waals surface area contributed by atoms with Gasteiger partial charge in [-0.2, -0.15) is 0 Å². The first-order valence-electron chi connectivity index (χ1n) is 14.4. The lowest BCUT2D eigenvalue weighted by atomic mass is 9.45. The van der Waals surface area contributed by atoms with Crippen LogP contribution < -0.4 is 5.63 Å². The maximum absolute atomic E-state index is 12.4. The highest BCUT2D eigenvalue weighted by Crippen LogP contribution is 2.70. The van der Waals surface area contributed by atoms with E-state index in [9.17, 15) is 25.2 Å². The number of aliphatic hydroxyl groups excluding tert-OH is 3. The molecule has 0 radical (unpaired) electrons. The van der Waals surface area contributed by atoms with E-state index in [-0.39, 0.29) is 34.4 Å². The van der Waals surface area contributed by atoms with Crippen molar-refractivity contribution in [3.05, 3.63) is 46.0 Å². The second-order valence-electron chi connectivity index (χ2n) is 13.1. The highest BCUT2D eigenvalue weighted by atomic mass is 16.7. The third-order valence-electron chi connectivity index (χ3n) is 11.5. The SMILES string of the molecule is C[C@H]1O[C@@H](O[C@H]2C=C3CC[C@@H]4[C@H](CC[C@]5(C)[C@H](c6ccc(=O)oc6)CC[C@@]45O)[C@@]3(C)CC2)[C@@H](O)[C@@H](O)[C@@H]1O. The van der Waals surface area contributed by atoms with Gasteiger partial charge < -0.3 is 34.3 Å². The van der Waals surface area contributed by atoms with Crippen molar-refractivity contribution in [3.8, 4) is 0 Å². The zero-order valence-corrected chi connectivity index (χ0v) is 22.6. The molecule has 1 aromatic heterocycles. The Labute approximate surface area is 223 Å². The van der Waals surface area contributed by atoms with Crippen LogP contribution in [0.4, 0.5) is 0 Å². The van der Waals surface area contributed by atoms with Crippen LogP contribution in [0.25, 0.3) is 0 Å². The molecule has 2 heterocycles. The average molecular weight is 531 g/mol. The Kier molecular flexibility index (Phi) is 6.49. The standard InChI is InChI=1S/C30H42O8/c1-16-24(32)25(33)26(34)27(37-16)38-19-8-11-28(2)18(14-19)5-6-22-21(28)9-12-29(3)20(10-13-30(22,29)35)17-4-7-23(31)36-15-17/h4,7,14-16,19-22,24-27,32-35H,5-6,8-13H2,1-3H3/t16-,19-,20+,21+,22-,24-,25+,26+,27+,28+,29-,30-/m1/s1. The Morgan fingerprint density at radius 3 is 2.47 bits per heavy atom. The van der Waals surface area contributed by atoms with Gasteiger partial charge in [-0.3, -0.25) is 0 Å². The van der Waals surface area contributed by atoms with Gasteiger partial charge in [0.15, 0.2) is 6.29 Å². The minimum Gasteiger partial charge on any atom is -0.431 e. The molecular formula is C30H42O8. The summed E-state index contributed by atoms with van der Waals surface area (Å²) in [6.07, 6.45) is 5.32. The Hall–Kier alpha value is -1.55. The Morgan fingerprint density at radius 1 is 0.947 bits per heavy atom. The highest BCUT2D eigenvalue weighted by Gasteiger charge is 2.66. The van der Waals surface area contributed by atoms with E-state index in [0.717, 1.165) is 56.9 Å². The number of rotatable bonds is 3. The van der Waals surface area contributed by atoms with Crippen LogP contribution in [-0.4, -0.2) is 62.8 Å². The van der Waals surface area contributed by atoms with E-state index < -0.39 is 36.3 Å². The summed E-state index contributed by atoms with van der Waals surface area (Å²) in [6, 6.07) is 3.36. The maximum atomic E-state index is 12.4. The number of hydrogen-bond acceptors (Lipinski definition) is 8. The van der Waals surface area contributed by atoms with Gasteiger partial charge in [0.25, 0.3) is 0 Å². The monoisotopic (exact) mass is 530 g/mol. The zero-order chi connectivity index (χ0) is 27.0. The maximum Gasteiger partial charge on any atom is 0.335 e. The van der Waals surface area contributed by atoms with Crippen molar-refractivity contribution in [2.45, 2.75) is 120 Å². The summed E-state index contributed by atoms with van der Waals surface area (Å²) >= 11 is 0. The molecule has 4 N–H and O–H groups in total. The molecule has 4 aliphatic carbocycles. The van der Waals surface area contributed by atoms with Crippen LogP contribution in [-0.2, 0) is 9.47 Å². The topological polar surface area (TPSA) is 130 Å². The molecule has 0 amide bonds. The fourth-order valence-electron chi connectivity index (χ4n) is 9.17. The van der Waals surface area contributed by atoms with Gasteiger partial charge in [0.2, 0.25) is 0 Å². The van der Waals surface area contributed by atoms with Gasteiger partial charge in [-0.15, -0.1) is 0 Å². The van der Waals surface area contributed by atoms with Crippen LogP contribution in [0.5, 0.6) is 0 Å². The molecule has 0 unspecified atom stereocenters. The highest BCUT2D eigenvalue weighted by molar-refractivity contribution is 5.31. The molecule has 1 aliphatic heterocycles. The molecule has 0 bridgehead atoms. The van der Waals surface area contributed by atoms with Crippen molar-refractivity contribution >= 4 is 0 Å². The van der Waals surface area contributed by atoms with E-state index >= 15 is 0 Å². The summed E-state index contributed by atoms with van der Waals surface area (Å²) in [5.41, 5.74) is 0.991. The van der Waals surface area contributed by atoms with Crippen LogP contribution in [0.2, 0.25) is 0 Å². The molecule has 0 aromatic carbocycles. The van der Waals surface area contributed by atoms with Crippen LogP contribution in [0, 0.1) is 22.7 Å². The summed E-state index contributed by atoms with van der Waals surface area (Å²) in [4.78, 5) is 11.5. The first-order chi connectivity index (χ1) is 18.0. The van der Waals surface area contributed by atoms with E-state index in [4.69, 9.17) is 13.9 Å². The fraction of sp³-hybridized carbons (Fsp3) is 0.767. The number of aliphatic hydroxyl groups is 4. The quantitative estimate of drug-likeness (QED) is 0.439. The van der Waals surface area contributed by atoms with E-state index in [1.807, 2.05) is 6.07 Å². The van der Waals surface area contributed by atoms with Crippen molar-refractivity contribution in [1.82, 2.24) is 0 Å². The molecule has 8 nitrogen and oxygen atoms in total. The van der Waals surface area contributed by atoms with Gasteiger partial charge in [0, 0.05) is 11.5 Å². The number of fused-ring (bicyclic) bond motifs is 5. The van der Waals surface area contributed by atoms with E-state index in [1.54, 1.807) is 13.2 Å². The largest absolute Gasteiger partial charge is 0.431 e. The first kappa shape index (κ1) is 26.7. The molecule has 1 aromatic rings. The summed E-state index contributed by atoms with van der Waals surface area (Å²) in [5, 5.41) is 43.0. The van der Waals surface area contributed by atoms with Gasteiger partial charge >= 0.3 is 5.63 Å². The summed E-state index contributed by atoms with van der Waals surface area (Å²) < 4.78 is 17.0. The van der Waals surface area contributed by atoms with Crippen LogP contribution in [0.1, 0.15) is 83.6 Å². The third-order valence-corrected chi connectivity index (χ3v) is 11.5. The predicted octanol–water partition coefficient (Wildman–Crippen LogP) is 3.01. The number of ether oxygens (including phenoxy) is 2. The Bertz CT molecular complexity index is 1130. The summed E-state index contributed by atoms with van der Waals surface area (Å²) in [6.45, 7) is 6.26.